The van der Waals surface area contributed by atoms with Gasteiger partial charge in [0.2, 0.25) is 23.6 Å². The smallest absolute Gasteiger partial charge is 0.409 e. The Morgan fingerprint density at radius 3 is 2.05 bits per heavy atom. The first kappa shape index (κ1) is 47.4. The van der Waals surface area contributed by atoms with Crippen LogP contribution in [0.25, 0.3) is 0 Å². The number of nitrogens with one attached hydrogen (secondary N) is 3. The predicted molar refractivity (Wildman–Crippen MR) is 211 cm³/mol. The maximum absolute atomic E-state index is 14.1. The summed E-state index contributed by atoms with van der Waals surface area (Å²) >= 11 is 0. The lowest BCUT2D eigenvalue weighted by Gasteiger charge is -2.36. The summed E-state index contributed by atoms with van der Waals surface area (Å²) in [6.45, 7) is 15.7. The van der Waals surface area contributed by atoms with E-state index >= 15 is 0 Å². The monoisotopic (exact) mass is 776 g/mol. The van der Waals surface area contributed by atoms with Gasteiger partial charge in [0.15, 0.2) is 0 Å². The fourth-order valence-corrected chi connectivity index (χ4v) is 7.65. The van der Waals surface area contributed by atoms with Crippen LogP contribution in [0.1, 0.15) is 92.7 Å². The maximum Gasteiger partial charge on any atom is 0.409 e. The molecule has 0 saturated carbocycles. The minimum absolute atomic E-state index is 0.0649. The molecular formula is C41H69N5O9. The van der Waals surface area contributed by atoms with Gasteiger partial charge < -0.3 is 40.2 Å². The second-order valence-corrected chi connectivity index (χ2v) is 15.7. The molecule has 0 bridgehead atoms. The van der Waals surface area contributed by atoms with Gasteiger partial charge in [-0.2, -0.15) is 0 Å². The molecule has 55 heavy (non-hydrogen) atoms. The molecule has 4 N–H and O–H groups in total. The van der Waals surface area contributed by atoms with E-state index in [4.69, 9.17) is 14.2 Å². The van der Waals surface area contributed by atoms with Crippen molar-refractivity contribution in [2.45, 2.75) is 124 Å². The molecule has 0 radical (unpaired) electrons. The highest BCUT2D eigenvalue weighted by Crippen LogP contribution is 2.30. The van der Waals surface area contributed by atoms with Crippen molar-refractivity contribution < 1.29 is 43.3 Å². The van der Waals surface area contributed by atoms with E-state index in [1.165, 1.54) is 19.1 Å². The molecule has 0 unspecified atom stereocenters. The quantitative estimate of drug-likeness (QED) is 0.144. The van der Waals surface area contributed by atoms with Gasteiger partial charge in [0.05, 0.1) is 49.8 Å². The summed E-state index contributed by atoms with van der Waals surface area (Å²) in [6.07, 6.45) is -0.385. The zero-order valence-electron chi connectivity index (χ0n) is 35.2. The number of aliphatic hydroxyl groups is 1. The molecule has 1 aromatic rings. The van der Waals surface area contributed by atoms with Crippen molar-refractivity contribution >= 4 is 29.7 Å². The van der Waals surface area contributed by atoms with Gasteiger partial charge in [-0.3, -0.25) is 24.1 Å². The van der Waals surface area contributed by atoms with Crippen LogP contribution in [0.4, 0.5) is 4.79 Å². The van der Waals surface area contributed by atoms with Gasteiger partial charge in [-0.25, -0.2) is 4.79 Å². The molecule has 14 nitrogen and oxygen atoms in total. The highest BCUT2D eigenvalue weighted by atomic mass is 16.5. The van der Waals surface area contributed by atoms with Gasteiger partial charge in [-0.1, -0.05) is 85.2 Å². The molecule has 5 amide bonds. The first-order valence-corrected chi connectivity index (χ1v) is 19.7. The Balaban J connectivity index is 2.16. The number of likely N-dealkylation sites (tertiary alicyclic amines) is 1. The van der Waals surface area contributed by atoms with E-state index in [1.54, 1.807) is 33.0 Å². The van der Waals surface area contributed by atoms with Crippen LogP contribution in [0.2, 0.25) is 0 Å². The SMILES string of the molecule is CC[C@H](C)[C@@H](CNC(=O)[C@@H](NC(=O)[C@H](C(C)C)N(C)C(=O)OC)C(C)C)[C@@H](CC(=O)N1CCC[C@H]1[C@H](OC)[C@@H](C)C(=O)N[C@H](C)[C@@H](O)c1ccccc1)OC. The lowest BCUT2D eigenvalue weighted by atomic mass is 9.84. The molecule has 0 spiro atoms. The van der Waals surface area contributed by atoms with Crippen molar-refractivity contribution in [2.75, 3.05) is 41.5 Å². The first-order valence-electron chi connectivity index (χ1n) is 19.7. The van der Waals surface area contributed by atoms with Gasteiger partial charge >= 0.3 is 6.09 Å². The summed E-state index contributed by atoms with van der Waals surface area (Å²) in [4.78, 5) is 69.8. The molecule has 0 aromatic heterocycles. The van der Waals surface area contributed by atoms with Gasteiger partial charge in [-0.05, 0) is 43.1 Å². The number of likely N-dealkylation sites (N-methyl/N-ethyl adjacent to an activating group) is 1. The number of methoxy groups -OCH3 is 3. The second-order valence-electron chi connectivity index (χ2n) is 15.7. The Kier molecular flexibility index (Phi) is 19.6. The number of rotatable bonds is 21. The van der Waals surface area contributed by atoms with Crippen LogP contribution in [-0.4, -0.2) is 122 Å². The first-order chi connectivity index (χ1) is 25.9. The van der Waals surface area contributed by atoms with Crippen molar-refractivity contribution in [3.63, 3.8) is 0 Å². The van der Waals surface area contributed by atoms with Crippen LogP contribution < -0.4 is 16.0 Å². The number of carbonyl (C=O) groups excluding carboxylic acids is 5. The van der Waals surface area contributed by atoms with Crippen molar-refractivity contribution in [3.8, 4) is 0 Å². The van der Waals surface area contributed by atoms with Crippen LogP contribution in [0, 0.1) is 29.6 Å². The Hall–Kier alpha value is -3.75. The molecule has 1 heterocycles. The lowest BCUT2D eigenvalue weighted by Crippen LogP contribution is -2.57. The molecule has 1 saturated heterocycles. The minimum Gasteiger partial charge on any atom is -0.453 e. The Bertz CT molecular complexity index is 1380. The Morgan fingerprint density at radius 2 is 1.53 bits per heavy atom. The molecule has 10 atom stereocenters. The predicted octanol–water partition coefficient (Wildman–Crippen LogP) is 3.91. The molecule has 1 aliphatic heterocycles. The molecule has 1 fully saturated rings. The average Bonchev–Trinajstić information content (AvgIpc) is 3.65. The topological polar surface area (TPSA) is 176 Å². The highest BCUT2D eigenvalue weighted by Gasteiger charge is 2.42. The Morgan fingerprint density at radius 1 is 0.891 bits per heavy atom. The summed E-state index contributed by atoms with van der Waals surface area (Å²) < 4.78 is 16.7. The molecule has 0 aliphatic carbocycles. The van der Waals surface area contributed by atoms with Crippen LogP contribution in [0.15, 0.2) is 30.3 Å². The van der Waals surface area contributed by atoms with E-state index in [0.29, 0.717) is 18.5 Å². The zero-order valence-corrected chi connectivity index (χ0v) is 35.2. The molecule has 312 valence electrons. The number of ether oxygens (including phenoxy) is 3. The number of hydrogen-bond acceptors (Lipinski definition) is 9. The van der Waals surface area contributed by atoms with E-state index in [0.717, 1.165) is 12.8 Å². The summed E-state index contributed by atoms with van der Waals surface area (Å²) in [5.41, 5.74) is 0.702. The molecule has 1 aliphatic rings. The van der Waals surface area contributed by atoms with Crippen molar-refractivity contribution in [3.05, 3.63) is 35.9 Å². The van der Waals surface area contributed by atoms with Crippen LogP contribution in [0.3, 0.4) is 0 Å². The zero-order chi connectivity index (χ0) is 41.6. The van der Waals surface area contributed by atoms with E-state index in [9.17, 15) is 29.1 Å². The van der Waals surface area contributed by atoms with Gasteiger partial charge in [-0.15, -0.1) is 0 Å². The Labute approximate surface area is 328 Å². The molecular weight excluding hydrogens is 706 g/mol. The highest BCUT2D eigenvalue weighted by molar-refractivity contribution is 5.91. The summed E-state index contributed by atoms with van der Waals surface area (Å²) in [5, 5.41) is 19.6. The number of nitrogens with zero attached hydrogens (tertiary/aromatic N) is 2. The summed E-state index contributed by atoms with van der Waals surface area (Å²) in [6, 6.07) is 6.54. The van der Waals surface area contributed by atoms with Gasteiger partial charge in [0.25, 0.3) is 0 Å². The third-order valence-electron chi connectivity index (χ3n) is 11.2. The standard InChI is InChI=1S/C41H69N5O9/c1-13-26(6)30(23-42-39(50)34(24(2)3)44-40(51)35(25(4)5)45(9)41(52)55-12)32(53-10)22-33(47)46-21-17-20-31(46)37(54-11)27(7)38(49)43-28(8)36(48)29-18-15-14-16-19-29/h14-16,18-19,24-28,30-32,34-37,48H,13,17,20-23H2,1-12H3,(H,42,50)(H,43,49)(H,44,51)/t26-,27+,28+,30+,31-,32+,34-,35-,36+,37+/m0/s1. The average molecular weight is 776 g/mol. The van der Waals surface area contributed by atoms with E-state index in [2.05, 4.69) is 22.9 Å². The molecule has 2 rings (SSSR count). The van der Waals surface area contributed by atoms with E-state index < -0.39 is 54.4 Å². The van der Waals surface area contributed by atoms with Crippen LogP contribution in [-0.2, 0) is 33.4 Å². The van der Waals surface area contributed by atoms with Crippen molar-refractivity contribution in [1.29, 1.82) is 0 Å². The third kappa shape index (κ3) is 12.9. The normalized spacial score (nSPS) is 19.3. The summed E-state index contributed by atoms with van der Waals surface area (Å²) in [7, 11) is 5.84. The number of carbonyl (C=O) groups is 5. The fraction of sp³-hybridized carbons (Fsp3) is 0.732. The van der Waals surface area contributed by atoms with Crippen molar-refractivity contribution in [2.24, 2.45) is 29.6 Å². The van der Waals surface area contributed by atoms with Crippen LogP contribution in [0.5, 0.6) is 0 Å². The summed E-state index contributed by atoms with van der Waals surface area (Å²) in [5.74, 6) is -2.51. The second kappa shape index (κ2) is 22.7. The minimum atomic E-state index is -0.885. The number of amides is 5. The van der Waals surface area contributed by atoms with E-state index in [-0.39, 0.29) is 60.4 Å². The molecule has 14 heteroatoms. The number of aliphatic hydroxyl groups excluding tert-OH is 1. The van der Waals surface area contributed by atoms with Gasteiger partial charge in [0, 0.05) is 40.3 Å². The number of hydrogen-bond donors (Lipinski definition) is 4. The third-order valence-corrected chi connectivity index (χ3v) is 11.2. The molecule has 1 aromatic carbocycles. The van der Waals surface area contributed by atoms with Gasteiger partial charge in [0.1, 0.15) is 12.1 Å². The van der Waals surface area contributed by atoms with Crippen molar-refractivity contribution in [1.82, 2.24) is 25.8 Å². The number of benzene rings is 1. The largest absolute Gasteiger partial charge is 0.453 e. The van der Waals surface area contributed by atoms with Crippen LogP contribution >= 0.6 is 0 Å². The fourth-order valence-electron chi connectivity index (χ4n) is 7.65. The lowest BCUT2D eigenvalue weighted by molar-refractivity contribution is -0.143. The maximum atomic E-state index is 14.1. The van der Waals surface area contributed by atoms with E-state index in [1.807, 2.05) is 65.0 Å².